The van der Waals surface area contributed by atoms with E-state index in [2.05, 4.69) is 17.5 Å². The minimum absolute atomic E-state index is 1.01. The smallest absolute Gasteiger partial charge is 0.0451 e. The van der Waals surface area contributed by atoms with Crippen LogP contribution in [0.4, 0.5) is 5.69 Å². The second-order valence-electron chi connectivity index (χ2n) is 2.22. The fourth-order valence-corrected chi connectivity index (χ4v) is 0.979. The normalized spacial score (nSPS) is 13.9. The summed E-state index contributed by atoms with van der Waals surface area (Å²) in [6, 6.07) is 8.06. The van der Waals surface area contributed by atoms with Crippen LogP contribution in [0.1, 0.15) is 0 Å². The summed E-state index contributed by atoms with van der Waals surface area (Å²) in [4.78, 5) is 3.07. The molecule has 0 unspecified atom stereocenters. The standard InChI is InChI=1S/C8H7NS/c10-8-3-1-7(2-4-8)9-5-6-9/h1-6,10H. The van der Waals surface area contributed by atoms with E-state index in [1.54, 1.807) is 0 Å². The topological polar surface area (TPSA) is 3.01 Å². The van der Waals surface area contributed by atoms with Gasteiger partial charge in [0.25, 0.3) is 0 Å². The first-order valence-corrected chi connectivity index (χ1v) is 3.57. The van der Waals surface area contributed by atoms with E-state index in [4.69, 9.17) is 0 Å². The van der Waals surface area contributed by atoms with Crippen LogP contribution in [0.25, 0.3) is 0 Å². The molecule has 0 atom stereocenters. The van der Waals surface area contributed by atoms with Crippen LogP contribution in [0.15, 0.2) is 41.6 Å². The number of rotatable bonds is 1. The lowest BCUT2D eigenvalue weighted by molar-refractivity contribution is 1.40. The zero-order valence-corrected chi connectivity index (χ0v) is 6.25. The zero-order chi connectivity index (χ0) is 6.97. The summed E-state index contributed by atoms with van der Waals surface area (Å²) >= 11 is 4.18. The molecule has 2 rings (SSSR count). The van der Waals surface area contributed by atoms with E-state index < -0.39 is 0 Å². The van der Waals surface area contributed by atoms with Crippen molar-refractivity contribution >= 4 is 18.3 Å². The van der Waals surface area contributed by atoms with E-state index in [1.165, 1.54) is 5.69 Å². The molecule has 10 heavy (non-hydrogen) atoms. The first-order valence-electron chi connectivity index (χ1n) is 3.12. The highest BCUT2D eigenvalue weighted by Gasteiger charge is 2.06. The molecule has 0 aromatic heterocycles. The molecule has 0 radical (unpaired) electrons. The lowest BCUT2D eigenvalue weighted by Crippen LogP contribution is -1.87. The lowest BCUT2D eigenvalue weighted by Gasteiger charge is -2.00. The second-order valence-corrected chi connectivity index (χ2v) is 2.74. The number of hydrogen-bond donors (Lipinski definition) is 1. The average Bonchev–Trinajstić information content (AvgIpc) is 2.71. The van der Waals surface area contributed by atoms with Crippen molar-refractivity contribution in [3.8, 4) is 0 Å². The molecule has 1 heterocycles. The predicted octanol–water partition coefficient (Wildman–Crippen LogP) is 2.27. The third-order valence-electron chi connectivity index (χ3n) is 1.45. The summed E-state index contributed by atoms with van der Waals surface area (Å²) in [6.45, 7) is 0. The summed E-state index contributed by atoms with van der Waals surface area (Å²) < 4.78 is 0. The Morgan fingerprint density at radius 1 is 1.00 bits per heavy atom. The number of hydrogen-bond acceptors (Lipinski definition) is 2. The van der Waals surface area contributed by atoms with E-state index in [1.807, 2.05) is 36.7 Å². The Bertz CT molecular complexity index is 257. The molecule has 1 nitrogen and oxygen atoms in total. The summed E-state index contributed by atoms with van der Waals surface area (Å²) in [5.74, 6) is 0. The molecule has 0 spiro atoms. The quantitative estimate of drug-likeness (QED) is 0.599. The Balaban J connectivity index is 2.28. The molecule has 1 aliphatic rings. The molecule has 0 N–H and O–H groups in total. The van der Waals surface area contributed by atoms with Gasteiger partial charge in [-0.05, 0) is 24.3 Å². The van der Waals surface area contributed by atoms with Crippen LogP contribution in [-0.4, -0.2) is 0 Å². The van der Waals surface area contributed by atoms with Gasteiger partial charge in [0.2, 0.25) is 0 Å². The van der Waals surface area contributed by atoms with Crippen LogP contribution < -0.4 is 4.90 Å². The van der Waals surface area contributed by atoms with Crippen molar-refractivity contribution in [1.82, 2.24) is 0 Å². The van der Waals surface area contributed by atoms with Crippen LogP contribution in [-0.2, 0) is 0 Å². The Morgan fingerprint density at radius 3 is 2.10 bits per heavy atom. The first-order chi connectivity index (χ1) is 4.86. The van der Waals surface area contributed by atoms with E-state index in [0.29, 0.717) is 0 Å². The molecule has 0 bridgehead atoms. The van der Waals surface area contributed by atoms with Crippen LogP contribution in [0, 0.1) is 0 Å². The Kier molecular flexibility index (Phi) is 1.21. The van der Waals surface area contributed by atoms with Crippen molar-refractivity contribution in [1.29, 1.82) is 0 Å². The van der Waals surface area contributed by atoms with Crippen molar-refractivity contribution in [2.75, 3.05) is 4.90 Å². The highest BCUT2D eigenvalue weighted by molar-refractivity contribution is 7.80. The molecule has 2 heteroatoms. The van der Waals surface area contributed by atoms with Crippen LogP contribution in [0.2, 0.25) is 0 Å². The van der Waals surface area contributed by atoms with E-state index in [9.17, 15) is 0 Å². The van der Waals surface area contributed by atoms with Gasteiger partial charge in [-0.1, -0.05) is 0 Å². The maximum Gasteiger partial charge on any atom is 0.0451 e. The van der Waals surface area contributed by atoms with Crippen LogP contribution in [0.3, 0.4) is 0 Å². The summed E-state index contributed by atoms with van der Waals surface area (Å²) in [6.07, 6.45) is 4.04. The number of anilines is 1. The predicted molar refractivity (Wildman–Crippen MR) is 45.3 cm³/mol. The zero-order valence-electron chi connectivity index (χ0n) is 5.36. The third-order valence-corrected chi connectivity index (χ3v) is 1.74. The minimum atomic E-state index is 1.01. The summed E-state index contributed by atoms with van der Waals surface area (Å²) in [5.41, 5.74) is 1.21. The molecular weight excluding hydrogens is 142 g/mol. The van der Waals surface area contributed by atoms with Crippen molar-refractivity contribution in [2.45, 2.75) is 4.90 Å². The molecule has 0 saturated carbocycles. The Hall–Kier alpha value is -0.890. The van der Waals surface area contributed by atoms with Gasteiger partial charge < -0.3 is 4.90 Å². The van der Waals surface area contributed by atoms with Crippen LogP contribution >= 0.6 is 12.6 Å². The van der Waals surface area contributed by atoms with Crippen molar-refractivity contribution in [3.05, 3.63) is 36.7 Å². The third kappa shape index (κ3) is 1.02. The summed E-state index contributed by atoms with van der Waals surface area (Å²) in [7, 11) is 0. The molecule has 0 amide bonds. The fraction of sp³-hybridized carbons (Fsp3) is 0. The SMILES string of the molecule is Sc1ccc(N2C=C2)cc1. The van der Waals surface area contributed by atoms with Gasteiger partial charge in [0.05, 0.1) is 0 Å². The van der Waals surface area contributed by atoms with Gasteiger partial charge in [-0.3, -0.25) is 0 Å². The fourth-order valence-electron chi connectivity index (χ4n) is 0.830. The second kappa shape index (κ2) is 2.06. The van der Waals surface area contributed by atoms with E-state index in [-0.39, 0.29) is 0 Å². The molecule has 1 aromatic carbocycles. The Labute approximate surface area is 65.4 Å². The van der Waals surface area contributed by atoms with Gasteiger partial charge >= 0.3 is 0 Å². The monoisotopic (exact) mass is 149 g/mol. The van der Waals surface area contributed by atoms with E-state index >= 15 is 0 Å². The molecule has 0 saturated heterocycles. The van der Waals surface area contributed by atoms with Crippen LogP contribution in [0.5, 0.6) is 0 Å². The van der Waals surface area contributed by atoms with Crippen molar-refractivity contribution < 1.29 is 0 Å². The van der Waals surface area contributed by atoms with Gasteiger partial charge in [0.1, 0.15) is 0 Å². The largest absolute Gasteiger partial charge is 0.321 e. The van der Waals surface area contributed by atoms with Crippen molar-refractivity contribution in [3.63, 3.8) is 0 Å². The molecule has 0 aliphatic carbocycles. The first kappa shape index (κ1) is 5.86. The van der Waals surface area contributed by atoms with Crippen molar-refractivity contribution in [2.24, 2.45) is 0 Å². The maximum absolute atomic E-state index is 4.18. The molecular formula is C8H7NS. The number of nitrogens with zero attached hydrogens (tertiary/aromatic N) is 1. The number of thiol groups is 1. The molecule has 1 aromatic rings. The van der Waals surface area contributed by atoms with Gasteiger partial charge in [-0.25, -0.2) is 0 Å². The maximum atomic E-state index is 4.18. The number of benzene rings is 1. The minimum Gasteiger partial charge on any atom is -0.321 e. The average molecular weight is 149 g/mol. The molecule has 1 aliphatic heterocycles. The van der Waals surface area contributed by atoms with Gasteiger partial charge in [-0.15, -0.1) is 12.6 Å². The highest BCUT2D eigenvalue weighted by Crippen LogP contribution is 2.22. The van der Waals surface area contributed by atoms with Gasteiger partial charge in [0.15, 0.2) is 0 Å². The highest BCUT2D eigenvalue weighted by atomic mass is 32.1. The summed E-state index contributed by atoms with van der Waals surface area (Å²) in [5, 5.41) is 0. The van der Waals surface area contributed by atoms with Gasteiger partial charge in [-0.2, -0.15) is 0 Å². The molecule has 0 fully saturated rings. The molecule has 50 valence electrons. The Morgan fingerprint density at radius 2 is 1.60 bits per heavy atom. The van der Waals surface area contributed by atoms with Gasteiger partial charge in [0, 0.05) is 23.0 Å². The lowest BCUT2D eigenvalue weighted by atomic mass is 10.3. The van der Waals surface area contributed by atoms with E-state index in [0.717, 1.165) is 4.90 Å².